The standard InChI is InChI=1S/C29H37N5O6/c1-16(2)12-24(28(38)34-25(29(39)40)14-19-15-31-23-7-5-4-6-21(19)23)33-26(36)17(3)32-27(37)22(30)13-18-8-10-20(35)11-9-18/h4-11,15-17,22,24-25,31,35H,12-14,30H2,1-3H3,(H,32,37)(H,33,36)(H,34,38)(H,39,40). The molecule has 214 valence electrons. The van der Waals surface area contributed by atoms with Gasteiger partial charge in [-0.3, -0.25) is 14.4 Å². The molecule has 0 spiro atoms. The van der Waals surface area contributed by atoms with Gasteiger partial charge >= 0.3 is 5.97 Å². The van der Waals surface area contributed by atoms with Gasteiger partial charge in [-0.05, 0) is 55.0 Å². The predicted molar refractivity (Wildman–Crippen MR) is 150 cm³/mol. The average Bonchev–Trinajstić information content (AvgIpc) is 3.31. The highest BCUT2D eigenvalue weighted by atomic mass is 16.4. The second kappa shape index (κ2) is 13.6. The number of nitrogens with two attached hydrogens (primary N) is 1. The van der Waals surface area contributed by atoms with E-state index in [9.17, 15) is 29.4 Å². The van der Waals surface area contributed by atoms with Crippen molar-refractivity contribution in [3.63, 3.8) is 0 Å². The first-order valence-corrected chi connectivity index (χ1v) is 13.2. The van der Waals surface area contributed by atoms with E-state index >= 15 is 0 Å². The van der Waals surface area contributed by atoms with Gasteiger partial charge in [0.05, 0.1) is 6.04 Å². The first-order valence-electron chi connectivity index (χ1n) is 13.2. The maximum atomic E-state index is 13.2. The first-order chi connectivity index (χ1) is 18.9. The molecule has 0 aliphatic carbocycles. The number of aromatic nitrogens is 1. The van der Waals surface area contributed by atoms with Crippen LogP contribution in [0.25, 0.3) is 10.9 Å². The van der Waals surface area contributed by atoms with E-state index in [1.807, 2.05) is 38.1 Å². The van der Waals surface area contributed by atoms with E-state index in [4.69, 9.17) is 5.73 Å². The topological polar surface area (TPSA) is 187 Å². The van der Waals surface area contributed by atoms with E-state index in [2.05, 4.69) is 20.9 Å². The van der Waals surface area contributed by atoms with Gasteiger partial charge in [0.1, 0.15) is 23.9 Å². The summed E-state index contributed by atoms with van der Waals surface area (Å²) in [6, 6.07) is 9.59. The number of para-hydroxylation sites is 1. The normalized spacial score (nSPS) is 14.2. The quantitative estimate of drug-likeness (QED) is 0.168. The monoisotopic (exact) mass is 551 g/mol. The van der Waals surface area contributed by atoms with Crippen LogP contribution < -0.4 is 21.7 Å². The zero-order valence-electron chi connectivity index (χ0n) is 22.8. The number of hydrogen-bond acceptors (Lipinski definition) is 6. The Labute approximate surface area is 232 Å². The Morgan fingerprint density at radius 2 is 1.50 bits per heavy atom. The number of nitrogens with one attached hydrogen (secondary N) is 4. The molecular weight excluding hydrogens is 514 g/mol. The maximum absolute atomic E-state index is 13.2. The number of amides is 3. The molecule has 3 aromatic rings. The molecule has 3 amide bonds. The minimum atomic E-state index is -1.21. The summed E-state index contributed by atoms with van der Waals surface area (Å²) < 4.78 is 0. The molecule has 1 heterocycles. The van der Waals surface area contributed by atoms with Crippen LogP contribution >= 0.6 is 0 Å². The molecule has 11 nitrogen and oxygen atoms in total. The molecule has 0 bridgehead atoms. The number of hydrogen-bond donors (Lipinski definition) is 7. The van der Waals surface area contributed by atoms with Crippen molar-refractivity contribution in [1.29, 1.82) is 0 Å². The van der Waals surface area contributed by atoms with E-state index < -0.39 is 47.9 Å². The SMILES string of the molecule is CC(C)CC(NC(=O)C(C)NC(=O)C(N)Cc1ccc(O)cc1)C(=O)NC(Cc1c[nH]c2ccccc12)C(=O)O. The third-order valence-corrected chi connectivity index (χ3v) is 6.53. The molecular formula is C29H37N5O6. The van der Waals surface area contributed by atoms with Crippen molar-refractivity contribution in [3.05, 3.63) is 65.9 Å². The lowest BCUT2D eigenvalue weighted by Crippen LogP contribution is -2.57. The van der Waals surface area contributed by atoms with Crippen LogP contribution in [-0.2, 0) is 32.0 Å². The van der Waals surface area contributed by atoms with Crippen molar-refractivity contribution in [1.82, 2.24) is 20.9 Å². The van der Waals surface area contributed by atoms with Crippen LogP contribution in [0, 0.1) is 5.92 Å². The predicted octanol–water partition coefficient (Wildman–Crippen LogP) is 1.59. The van der Waals surface area contributed by atoms with Crippen LogP contribution in [0.4, 0.5) is 0 Å². The van der Waals surface area contributed by atoms with Gasteiger partial charge in [-0.2, -0.15) is 0 Å². The highest BCUT2D eigenvalue weighted by molar-refractivity contribution is 5.94. The minimum absolute atomic E-state index is 0.0107. The Morgan fingerprint density at radius 3 is 2.15 bits per heavy atom. The molecule has 0 radical (unpaired) electrons. The number of aliphatic carboxylic acids is 1. The summed E-state index contributed by atoms with van der Waals surface area (Å²) >= 11 is 0. The summed E-state index contributed by atoms with van der Waals surface area (Å²) in [7, 11) is 0. The zero-order chi connectivity index (χ0) is 29.4. The number of aromatic hydroxyl groups is 1. The highest BCUT2D eigenvalue weighted by Crippen LogP contribution is 2.19. The molecule has 0 aliphatic rings. The Bertz CT molecular complexity index is 1340. The number of phenols is 1. The minimum Gasteiger partial charge on any atom is -0.508 e. The summed E-state index contributed by atoms with van der Waals surface area (Å²) in [6.07, 6.45) is 2.24. The Hall–Kier alpha value is -4.38. The van der Waals surface area contributed by atoms with Gasteiger partial charge in [0.2, 0.25) is 17.7 Å². The summed E-state index contributed by atoms with van der Waals surface area (Å²) in [5.41, 5.74) is 8.34. The molecule has 8 N–H and O–H groups in total. The Balaban J connectivity index is 1.62. The van der Waals surface area contributed by atoms with Crippen LogP contribution in [0.5, 0.6) is 5.75 Å². The molecule has 3 rings (SSSR count). The summed E-state index contributed by atoms with van der Waals surface area (Å²) in [6.45, 7) is 5.23. The van der Waals surface area contributed by atoms with Gasteiger partial charge in [-0.15, -0.1) is 0 Å². The van der Waals surface area contributed by atoms with Crippen molar-refractivity contribution in [2.45, 2.75) is 64.2 Å². The molecule has 0 saturated carbocycles. The van der Waals surface area contributed by atoms with E-state index in [-0.39, 0.29) is 30.9 Å². The van der Waals surface area contributed by atoms with Crippen LogP contribution in [0.2, 0.25) is 0 Å². The number of carboxylic acid groups (broad SMARTS) is 1. The fourth-order valence-corrected chi connectivity index (χ4v) is 4.36. The van der Waals surface area contributed by atoms with Crippen molar-refractivity contribution in [2.24, 2.45) is 11.7 Å². The molecule has 0 saturated heterocycles. The molecule has 11 heteroatoms. The second-order valence-corrected chi connectivity index (χ2v) is 10.4. The smallest absolute Gasteiger partial charge is 0.326 e. The molecule has 2 aromatic carbocycles. The summed E-state index contributed by atoms with van der Waals surface area (Å²) in [4.78, 5) is 53.8. The van der Waals surface area contributed by atoms with Crippen molar-refractivity contribution in [3.8, 4) is 5.75 Å². The van der Waals surface area contributed by atoms with Crippen LogP contribution in [0.3, 0.4) is 0 Å². The second-order valence-electron chi connectivity index (χ2n) is 10.4. The number of aromatic amines is 1. The molecule has 0 aliphatic heterocycles. The first kappa shape index (κ1) is 30.2. The fraction of sp³-hybridized carbons (Fsp3) is 0.379. The lowest BCUT2D eigenvalue weighted by Gasteiger charge is -2.25. The number of carboxylic acids is 1. The lowest BCUT2D eigenvalue weighted by molar-refractivity contribution is -0.142. The maximum Gasteiger partial charge on any atom is 0.326 e. The van der Waals surface area contributed by atoms with Crippen LogP contribution in [0.1, 0.15) is 38.3 Å². The molecule has 1 aromatic heterocycles. The summed E-state index contributed by atoms with van der Waals surface area (Å²) in [5.74, 6) is -2.87. The number of carbonyl (C=O) groups excluding carboxylic acids is 3. The van der Waals surface area contributed by atoms with Crippen molar-refractivity contribution >= 4 is 34.6 Å². The lowest BCUT2D eigenvalue weighted by atomic mass is 10.0. The number of phenolic OH excluding ortho intramolecular Hbond substituents is 1. The Morgan fingerprint density at radius 1 is 0.850 bits per heavy atom. The Kier molecular flexibility index (Phi) is 10.3. The number of benzene rings is 2. The largest absolute Gasteiger partial charge is 0.508 e. The third-order valence-electron chi connectivity index (χ3n) is 6.53. The van der Waals surface area contributed by atoms with Crippen molar-refractivity contribution < 1.29 is 29.4 Å². The zero-order valence-corrected chi connectivity index (χ0v) is 22.8. The number of fused-ring (bicyclic) bond motifs is 1. The molecule has 4 unspecified atom stereocenters. The van der Waals surface area contributed by atoms with Gasteiger partial charge < -0.3 is 36.9 Å². The van der Waals surface area contributed by atoms with Crippen molar-refractivity contribution in [2.75, 3.05) is 0 Å². The van der Waals surface area contributed by atoms with Gasteiger partial charge in [-0.1, -0.05) is 44.2 Å². The van der Waals surface area contributed by atoms with Gasteiger partial charge in [0, 0.05) is 23.5 Å². The number of rotatable bonds is 13. The van der Waals surface area contributed by atoms with Gasteiger partial charge in [0.25, 0.3) is 0 Å². The van der Waals surface area contributed by atoms with Crippen LogP contribution in [-0.4, -0.2) is 63.1 Å². The van der Waals surface area contributed by atoms with E-state index in [1.165, 1.54) is 19.1 Å². The average molecular weight is 552 g/mol. The number of carbonyl (C=O) groups is 4. The molecule has 0 fully saturated rings. The summed E-state index contributed by atoms with van der Waals surface area (Å²) in [5, 5.41) is 27.9. The highest BCUT2D eigenvalue weighted by Gasteiger charge is 2.30. The molecule has 40 heavy (non-hydrogen) atoms. The van der Waals surface area contributed by atoms with E-state index in [0.29, 0.717) is 0 Å². The number of H-pyrrole nitrogens is 1. The van der Waals surface area contributed by atoms with E-state index in [1.54, 1.807) is 18.3 Å². The third kappa shape index (κ3) is 8.31. The van der Waals surface area contributed by atoms with Gasteiger partial charge in [-0.25, -0.2) is 4.79 Å². The van der Waals surface area contributed by atoms with Crippen LogP contribution in [0.15, 0.2) is 54.7 Å². The van der Waals surface area contributed by atoms with E-state index in [0.717, 1.165) is 22.0 Å². The fourth-order valence-electron chi connectivity index (χ4n) is 4.36. The molecule has 4 atom stereocenters. The van der Waals surface area contributed by atoms with Gasteiger partial charge in [0.15, 0.2) is 0 Å².